The summed E-state index contributed by atoms with van der Waals surface area (Å²) in [5.74, 6) is 1.20. The van der Waals surface area contributed by atoms with E-state index in [-0.39, 0.29) is 0 Å². The normalized spacial score (nSPS) is 10.4. The van der Waals surface area contributed by atoms with Crippen molar-refractivity contribution in [2.75, 3.05) is 11.1 Å². The first-order valence-corrected chi connectivity index (χ1v) is 4.92. The molecule has 0 bridgehead atoms. The van der Waals surface area contributed by atoms with Gasteiger partial charge in [-0.2, -0.15) is 5.10 Å². The molecule has 0 spiro atoms. The van der Waals surface area contributed by atoms with E-state index < -0.39 is 0 Å². The van der Waals surface area contributed by atoms with Gasteiger partial charge < -0.3 is 11.1 Å². The predicted octanol–water partition coefficient (Wildman–Crippen LogP) is 1.15. The highest BCUT2D eigenvalue weighted by molar-refractivity contribution is 5.63. The van der Waals surface area contributed by atoms with Crippen molar-refractivity contribution in [3.63, 3.8) is 0 Å². The molecule has 0 saturated carbocycles. The Hall–Kier alpha value is -2.11. The average Bonchev–Trinajstić information content (AvgIpc) is 2.53. The maximum Gasteiger partial charge on any atom is 0.138 e. The van der Waals surface area contributed by atoms with Gasteiger partial charge in [-0.25, -0.2) is 9.97 Å². The zero-order chi connectivity index (χ0) is 11.7. The van der Waals surface area contributed by atoms with Gasteiger partial charge in [0.05, 0.1) is 11.4 Å². The number of hydrogen-bond acceptors (Lipinski definition) is 5. The number of nitrogens with one attached hydrogen (secondary N) is 1. The molecule has 2 aromatic rings. The molecular formula is C10H14N6. The lowest BCUT2D eigenvalue weighted by atomic mass is 10.3. The highest BCUT2D eigenvalue weighted by Gasteiger charge is 2.07. The van der Waals surface area contributed by atoms with Gasteiger partial charge in [-0.1, -0.05) is 0 Å². The Morgan fingerprint density at radius 1 is 1.31 bits per heavy atom. The number of aryl methyl sites for hydroxylation is 2. The summed E-state index contributed by atoms with van der Waals surface area (Å²) in [4.78, 5) is 8.06. The van der Waals surface area contributed by atoms with Crippen molar-refractivity contribution in [1.29, 1.82) is 0 Å². The minimum atomic E-state index is 0.485. The molecule has 0 fully saturated rings. The SMILES string of the molecule is Cc1nn(C)cc1Nc1ncnc(N)c1C. The van der Waals surface area contributed by atoms with E-state index in [4.69, 9.17) is 5.73 Å². The topological polar surface area (TPSA) is 81.7 Å². The molecule has 0 radical (unpaired) electrons. The summed E-state index contributed by atoms with van der Waals surface area (Å²) in [5, 5.41) is 7.43. The average molecular weight is 218 g/mol. The van der Waals surface area contributed by atoms with Gasteiger partial charge in [0.2, 0.25) is 0 Å². The number of hydrogen-bond donors (Lipinski definition) is 2. The van der Waals surface area contributed by atoms with E-state index in [1.165, 1.54) is 6.33 Å². The van der Waals surface area contributed by atoms with Crippen LogP contribution >= 0.6 is 0 Å². The van der Waals surface area contributed by atoms with Gasteiger partial charge in [-0.15, -0.1) is 0 Å². The standard InChI is InChI=1S/C10H14N6/c1-6-9(11)12-5-13-10(6)14-8-4-16(3)15-7(8)2/h4-5H,1-3H3,(H3,11,12,13,14). The first kappa shape index (κ1) is 10.4. The molecule has 6 nitrogen and oxygen atoms in total. The van der Waals surface area contributed by atoms with E-state index in [1.54, 1.807) is 4.68 Å². The molecule has 0 saturated heterocycles. The van der Waals surface area contributed by atoms with Gasteiger partial charge in [0.15, 0.2) is 0 Å². The van der Waals surface area contributed by atoms with E-state index in [9.17, 15) is 0 Å². The van der Waals surface area contributed by atoms with Gasteiger partial charge in [-0.3, -0.25) is 4.68 Å². The van der Waals surface area contributed by atoms with E-state index in [2.05, 4.69) is 20.4 Å². The molecule has 2 aromatic heterocycles. The van der Waals surface area contributed by atoms with Crippen LogP contribution in [0.4, 0.5) is 17.3 Å². The smallest absolute Gasteiger partial charge is 0.138 e. The third-order valence-corrected chi connectivity index (χ3v) is 2.39. The quantitative estimate of drug-likeness (QED) is 0.790. The first-order valence-electron chi connectivity index (χ1n) is 4.92. The highest BCUT2D eigenvalue weighted by Crippen LogP contribution is 2.21. The minimum absolute atomic E-state index is 0.485. The largest absolute Gasteiger partial charge is 0.383 e. The molecule has 16 heavy (non-hydrogen) atoms. The van der Waals surface area contributed by atoms with Crippen LogP contribution in [0.15, 0.2) is 12.5 Å². The summed E-state index contributed by atoms with van der Waals surface area (Å²) in [5.41, 5.74) is 8.38. The van der Waals surface area contributed by atoms with Crippen molar-refractivity contribution in [3.05, 3.63) is 23.8 Å². The van der Waals surface area contributed by atoms with Crippen LogP contribution in [0.2, 0.25) is 0 Å². The van der Waals surface area contributed by atoms with Crippen molar-refractivity contribution in [3.8, 4) is 0 Å². The summed E-state index contributed by atoms with van der Waals surface area (Å²) in [6.45, 7) is 3.81. The molecule has 84 valence electrons. The molecule has 0 aliphatic rings. The highest BCUT2D eigenvalue weighted by atomic mass is 15.3. The first-order chi connectivity index (χ1) is 7.58. The van der Waals surface area contributed by atoms with Crippen molar-refractivity contribution in [1.82, 2.24) is 19.7 Å². The number of rotatable bonds is 2. The Morgan fingerprint density at radius 3 is 2.69 bits per heavy atom. The van der Waals surface area contributed by atoms with Gasteiger partial charge >= 0.3 is 0 Å². The fourth-order valence-electron chi connectivity index (χ4n) is 1.44. The van der Waals surface area contributed by atoms with E-state index in [0.29, 0.717) is 11.6 Å². The lowest BCUT2D eigenvalue weighted by molar-refractivity contribution is 0.756. The third-order valence-electron chi connectivity index (χ3n) is 2.39. The molecule has 0 aliphatic heterocycles. The number of nitrogen functional groups attached to an aromatic ring is 1. The van der Waals surface area contributed by atoms with E-state index >= 15 is 0 Å². The Bertz CT molecular complexity index is 516. The molecular weight excluding hydrogens is 204 g/mol. The third kappa shape index (κ3) is 1.81. The van der Waals surface area contributed by atoms with E-state index in [0.717, 1.165) is 16.9 Å². The van der Waals surface area contributed by atoms with Crippen LogP contribution in [0.3, 0.4) is 0 Å². The van der Waals surface area contributed by atoms with Crippen LogP contribution in [0.25, 0.3) is 0 Å². The maximum atomic E-state index is 5.71. The van der Waals surface area contributed by atoms with Crippen molar-refractivity contribution >= 4 is 17.3 Å². The van der Waals surface area contributed by atoms with Crippen LogP contribution in [-0.2, 0) is 7.05 Å². The summed E-state index contributed by atoms with van der Waals surface area (Å²) >= 11 is 0. The number of nitrogens with two attached hydrogens (primary N) is 1. The minimum Gasteiger partial charge on any atom is -0.383 e. The molecule has 0 atom stereocenters. The summed E-state index contributed by atoms with van der Waals surface area (Å²) in [6.07, 6.45) is 3.34. The maximum absolute atomic E-state index is 5.71. The van der Waals surface area contributed by atoms with Crippen LogP contribution in [0, 0.1) is 13.8 Å². The summed E-state index contributed by atoms with van der Waals surface area (Å²) < 4.78 is 1.75. The van der Waals surface area contributed by atoms with Gasteiger partial charge in [0.25, 0.3) is 0 Å². The monoisotopic (exact) mass is 218 g/mol. The Balaban J connectivity index is 2.34. The number of aromatic nitrogens is 4. The lowest BCUT2D eigenvalue weighted by Crippen LogP contribution is -2.02. The van der Waals surface area contributed by atoms with Crippen LogP contribution in [0.5, 0.6) is 0 Å². The van der Waals surface area contributed by atoms with Crippen LogP contribution in [0.1, 0.15) is 11.3 Å². The van der Waals surface area contributed by atoms with Crippen molar-refractivity contribution in [2.24, 2.45) is 7.05 Å². The van der Waals surface area contributed by atoms with Crippen LogP contribution < -0.4 is 11.1 Å². The second kappa shape index (κ2) is 3.80. The fraction of sp³-hybridized carbons (Fsp3) is 0.300. The van der Waals surface area contributed by atoms with E-state index in [1.807, 2.05) is 27.1 Å². The zero-order valence-electron chi connectivity index (χ0n) is 9.52. The number of anilines is 3. The molecule has 2 rings (SSSR count). The fourth-order valence-corrected chi connectivity index (χ4v) is 1.44. The molecule has 0 amide bonds. The second-order valence-electron chi connectivity index (χ2n) is 3.66. The summed E-state index contributed by atoms with van der Waals surface area (Å²) in [6, 6.07) is 0. The van der Waals surface area contributed by atoms with Gasteiger partial charge in [0.1, 0.15) is 18.0 Å². The lowest BCUT2D eigenvalue weighted by Gasteiger charge is -2.07. The molecule has 0 aromatic carbocycles. The summed E-state index contributed by atoms with van der Waals surface area (Å²) in [7, 11) is 1.87. The second-order valence-corrected chi connectivity index (χ2v) is 3.66. The van der Waals surface area contributed by atoms with Crippen molar-refractivity contribution in [2.45, 2.75) is 13.8 Å². The molecule has 6 heteroatoms. The van der Waals surface area contributed by atoms with Gasteiger partial charge in [-0.05, 0) is 13.8 Å². The Kier molecular flexibility index (Phi) is 2.47. The molecule has 0 unspecified atom stereocenters. The Morgan fingerprint density at radius 2 is 2.06 bits per heavy atom. The molecule has 3 N–H and O–H groups in total. The zero-order valence-corrected chi connectivity index (χ0v) is 9.52. The van der Waals surface area contributed by atoms with Crippen LogP contribution in [-0.4, -0.2) is 19.7 Å². The Labute approximate surface area is 93.5 Å². The van der Waals surface area contributed by atoms with Crippen molar-refractivity contribution < 1.29 is 0 Å². The van der Waals surface area contributed by atoms with Gasteiger partial charge in [0, 0.05) is 18.8 Å². The molecule has 0 aliphatic carbocycles. The molecule has 2 heterocycles. The predicted molar refractivity (Wildman–Crippen MR) is 62.4 cm³/mol. The number of nitrogens with zero attached hydrogens (tertiary/aromatic N) is 4.